The molecule has 32 heavy (non-hydrogen) atoms. The number of pyridine rings is 1. The molecule has 0 bridgehead atoms. The van der Waals surface area contributed by atoms with Crippen LogP contribution in [0.25, 0.3) is 10.9 Å². The Balaban J connectivity index is 1.26. The van der Waals surface area contributed by atoms with Crippen LogP contribution in [0.1, 0.15) is 16.9 Å². The van der Waals surface area contributed by atoms with E-state index in [0.29, 0.717) is 22.5 Å². The number of hydrogen-bond donors (Lipinski definition) is 2. The van der Waals surface area contributed by atoms with E-state index in [9.17, 15) is 9.59 Å². The van der Waals surface area contributed by atoms with E-state index in [1.54, 1.807) is 6.07 Å². The molecule has 168 valence electrons. The Morgan fingerprint density at radius 1 is 1.00 bits per heavy atom. The molecular formula is C23H23Cl3N4O2. The highest BCUT2D eigenvalue weighted by molar-refractivity contribution is 6.38. The van der Waals surface area contributed by atoms with Gasteiger partial charge in [0.15, 0.2) is 5.43 Å². The topological polar surface area (TPSA) is 68.4 Å². The van der Waals surface area contributed by atoms with E-state index >= 15 is 0 Å². The summed E-state index contributed by atoms with van der Waals surface area (Å²) in [6, 6.07) is 12.3. The molecule has 4 rings (SSSR count). The molecule has 0 aliphatic carbocycles. The van der Waals surface area contributed by atoms with E-state index in [0.717, 1.165) is 49.9 Å². The molecule has 2 N–H and O–H groups in total. The number of amides is 1. The SMILES string of the molecule is O=C(NCCCN1CCN(c2cccc(Cl)c2)CC1)c1cc(=O)c2c(Cl)cc(Cl)cc2[nH]1. The fraction of sp³-hybridized carbons (Fsp3) is 0.304. The van der Waals surface area contributed by atoms with Crippen molar-refractivity contribution in [3.8, 4) is 0 Å². The molecule has 1 aliphatic heterocycles. The summed E-state index contributed by atoms with van der Waals surface area (Å²) in [5.74, 6) is -0.328. The number of carbonyl (C=O) groups is 1. The van der Waals surface area contributed by atoms with Crippen LogP contribution in [0.15, 0.2) is 47.3 Å². The highest BCUT2D eigenvalue weighted by atomic mass is 35.5. The summed E-state index contributed by atoms with van der Waals surface area (Å²) in [5, 5.41) is 4.60. The van der Waals surface area contributed by atoms with Gasteiger partial charge in [-0.3, -0.25) is 14.5 Å². The predicted octanol–water partition coefficient (Wildman–Crippen LogP) is 4.43. The van der Waals surface area contributed by atoms with Crippen molar-refractivity contribution < 1.29 is 4.79 Å². The summed E-state index contributed by atoms with van der Waals surface area (Å²) >= 11 is 18.2. The quantitative estimate of drug-likeness (QED) is 0.499. The van der Waals surface area contributed by atoms with Crippen LogP contribution in [-0.2, 0) is 0 Å². The fourth-order valence-corrected chi connectivity index (χ4v) is 4.70. The normalized spacial score (nSPS) is 14.7. The monoisotopic (exact) mass is 492 g/mol. The van der Waals surface area contributed by atoms with Crippen LogP contribution >= 0.6 is 34.8 Å². The van der Waals surface area contributed by atoms with Crippen molar-refractivity contribution in [1.82, 2.24) is 15.2 Å². The van der Waals surface area contributed by atoms with Crippen LogP contribution in [0.4, 0.5) is 5.69 Å². The molecule has 6 nitrogen and oxygen atoms in total. The first-order valence-corrected chi connectivity index (χ1v) is 11.6. The van der Waals surface area contributed by atoms with Crippen LogP contribution in [0.3, 0.4) is 0 Å². The van der Waals surface area contributed by atoms with Crippen molar-refractivity contribution in [3.63, 3.8) is 0 Å². The zero-order chi connectivity index (χ0) is 22.7. The summed E-state index contributed by atoms with van der Waals surface area (Å²) in [6.07, 6.45) is 0.818. The number of fused-ring (bicyclic) bond motifs is 1. The minimum absolute atomic E-state index is 0.191. The molecule has 9 heteroatoms. The molecule has 2 heterocycles. The molecule has 0 saturated carbocycles. The van der Waals surface area contributed by atoms with Gasteiger partial charge in [0.05, 0.1) is 15.9 Å². The average molecular weight is 494 g/mol. The molecule has 1 aromatic heterocycles. The third-order valence-electron chi connectivity index (χ3n) is 5.57. The summed E-state index contributed by atoms with van der Waals surface area (Å²) in [5.41, 5.74) is 1.47. The molecule has 0 radical (unpaired) electrons. The maximum atomic E-state index is 12.5. The number of aromatic amines is 1. The number of hydrogen-bond acceptors (Lipinski definition) is 4. The van der Waals surface area contributed by atoms with Crippen LogP contribution in [0.2, 0.25) is 15.1 Å². The Morgan fingerprint density at radius 2 is 1.78 bits per heavy atom. The minimum Gasteiger partial charge on any atom is -0.369 e. The lowest BCUT2D eigenvalue weighted by molar-refractivity contribution is 0.0946. The first-order chi connectivity index (χ1) is 15.4. The number of H-pyrrole nitrogens is 1. The second-order valence-corrected chi connectivity index (χ2v) is 9.06. The first kappa shape index (κ1) is 22.9. The molecule has 0 spiro atoms. The standard InChI is InChI=1S/C23H23Cl3N4O2/c24-15-3-1-4-17(11-15)30-9-7-29(8-10-30)6-2-5-27-23(32)20-14-21(31)22-18(26)12-16(25)13-19(22)28-20/h1,3-4,11-14H,2,5-10H2,(H,27,32)(H,28,31). The molecule has 1 fully saturated rings. The van der Waals surface area contributed by atoms with Gasteiger partial charge >= 0.3 is 0 Å². The Hall–Kier alpha value is -2.25. The molecule has 1 saturated heterocycles. The Kier molecular flexibility index (Phi) is 7.26. The summed E-state index contributed by atoms with van der Waals surface area (Å²) in [4.78, 5) is 32.6. The van der Waals surface area contributed by atoms with Crippen molar-refractivity contribution in [2.75, 3.05) is 44.2 Å². The summed E-state index contributed by atoms with van der Waals surface area (Å²) < 4.78 is 0. The third-order valence-corrected chi connectivity index (χ3v) is 6.32. The zero-order valence-electron chi connectivity index (χ0n) is 17.3. The smallest absolute Gasteiger partial charge is 0.267 e. The Morgan fingerprint density at radius 3 is 2.53 bits per heavy atom. The van der Waals surface area contributed by atoms with Gasteiger partial charge in [-0.2, -0.15) is 0 Å². The van der Waals surface area contributed by atoms with E-state index in [4.69, 9.17) is 34.8 Å². The zero-order valence-corrected chi connectivity index (χ0v) is 19.6. The second kappa shape index (κ2) is 10.1. The lowest BCUT2D eigenvalue weighted by Crippen LogP contribution is -2.47. The fourth-order valence-electron chi connectivity index (χ4n) is 3.93. The Labute approximate surface area is 201 Å². The number of carbonyl (C=O) groups excluding carboxylic acids is 1. The number of piperazine rings is 1. The van der Waals surface area contributed by atoms with E-state index < -0.39 is 0 Å². The number of anilines is 1. The van der Waals surface area contributed by atoms with Crippen molar-refractivity contribution in [2.45, 2.75) is 6.42 Å². The minimum atomic E-state index is -0.328. The van der Waals surface area contributed by atoms with Gasteiger partial charge in [-0.05, 0) is 43.3 Å². The maximum absolute atomic E-state index is 12.5. The van der Waals surface area contributed by atoms with Crippen molar-refractivity contribution in [3.05, 3.63) is 73.4 Å². The number of benzene rings is 2. The largest absolute Gasteiger partial charge is 0.369 e. The van der Waals surface area contributed by atoms with Gasteiger partial charge < -0.3 is 15.2 Å². The molecule has 0 unspecified atom stereocenters. The molecule has 1 amide bonds. The van der Waals surface area contributed by atoms with Crippen LogP contribution in [0.5, 0.6) is 0 Å². The van der Waals surface area contributed by atoms with Gasteiger partial charge in [0.1, 0.15) is 5.69 Å². The van der Waals surface area contributed by atoms with Gasteiger partial charge in [0.2, 0.25) is 0 Å². The third kappa shape index (κ3) is 5.38. The number of nitrogens with zero attached hydrogens (tertiary/aromatic N) is 2. The summed E-state index contributed by atoms with van der Waals surface area (Å²) in [6.45, 7) is 5.21. The number of halogens is 3. The number of nitrogens with one attached hydrogen (secondary N) is 2. The second-order valence-electron chi connectivity index (χ2n) is 7.78. The lowest BCUT2D eigenvalue weighted by atomic mass is 10.2. The predicted molar refractivity (Wildman–Crippen MR) is 132 cm³/mol. The van der Waals surface area contributed by atoms with Crippen molar-refractivity contribution >= 4 is 57.3 Å². The maximum Gasteiger partial charge on any atom is 0.267 e. The average Bonchev–Trinajstić information content (AvgIpc) is 2.76. The number of aromatic nitrogens is 1. The Bertz CT molecular complexity index is 1190. The summed E-state index contributed by atoms with van der Waals surface area (Å²) in [7, 11) is 0. The molecule has 0 atom stereocenters. The lowest BCUT2D eigenvalue weighted by Gasteiger charge is -2.36. The van der Waals surface area contributed by atoms with Gasteiger partial charge in [-0.15, -0.1) is 0 Å². The van der Waals surface area contributed by atoms with Gasteiger partial charge in [0, 0.05) is 54.5 Å². The molecular weight excluding hydrogens is 471 g/mol. The van der Waals surface area contributed by atoms with Crippen molar-refractivity contribution in [2.24, 2.45) is 0 Å². The molecule has 3 aromatic rings. The van der Waals surface area contributed by atoms with Crippen LogP contribution < -0.4 is 15.6 Å². The highest BCUT2D eigenvalue weighted by Crippen LogP contribution is 2.24. The van der Waals surface area contributed by atoms with Crippen molar-refractivity contribution in [1.29, 1.82) is 0 Å². The van der Waals surface area contributed by atoms with E-state index in [1.807, 2.05) is 18.2 Å². The molecule has 1 aliphatic rings. The van der Waals surface area contributed by atoms with Crippen LogP contribution in [0, 0.1) is 0 Å². The highest BCUT2D eigenvalue weighted by Gasteiger charge is 2.17. The van der Waals surface area contributed by atoms with Gasteiger partial charge in [0.25, 0.3) is 5.91 Å². The molecule has 2 aromatic carbocycles. The van der Waals surface area contributed by atoms with Gasteiger partial charge in [-0.25, -0.2) is 0 Å². The van der Waals surface area contributed by atoms with Gasteiger partial charge in [-0.1, -0.05) is 40.9 Å². The van der Waals surface area contributed by atoms with E-state index in [1.165, 1.54) is 12.1 Å². The van der Waals surface area contributed by atoms with Crippen LogP contribution in [-0.4, -0.2) is 55.1 Å². The van der Waals surface area contributed by atoms with E-state index in [2.05, 4.69) is 26.2 Å². The first-order valence-electron chi connectivity index (χ1n) is 10.4. The number of rotatable bonds is 6. The van der Waals surface area contributed by atoms with E-state index in [-0.39, 0.29) is 22.1 Å².